The Kier molecular flexibility index (Phi) is 6.85. The number of nitrogens with two attached hydrogens (primary N) is 1. The van der Waals surface area contributed by atoms with Crippen molar-refractivity contribution in [2.24, 2.45) is 16.6 Å². The maximum Gasteiger partial charge on any atom is 0.345 e. The summed E-state index contributed by atoms with van der Waals surface area (Å²) in [4.78, 5) is 27.1. The number of hydrogen-bond donors (Lipinski definition) is 2. The van der Waals surface area contributed by atoms with Gasteiger partial charge in [-0.05, 0) is 37.0 Å². The monoisotopic (exact) mass is 470 g/mol. The van der Waals surface area contributed by atoms with E-state index < -0.39 is 0 Å². The van der Waals surface area contributed by atoms with Crippen molar-refractivity contribution in [1.82, 2.24) is 14.9 Å². The van der Waals surface area contributed by atoms with E-state index in [1.54, 1.807) is 11.0 Å². The molecule has 2 fully saturated rings. The van der Waals surface area contributed by atoms with Gasteiger partial charge < -0.3 is 25.4 Å². The Labute approximate surface area is 198 Å². The second kappa shape index (κ2) is 9.82. The third-order valence-electron chi connectivity index (χ3n) is 6.45. The Morgan fingerprint density at radius 1 is 1.35 bits per heavy atom. The number of benzene rings is 1. The first-order chi connectivity index (χ1) is 16.3. The first kappa shape index (κ1) is 23.7. The summed E-state index contributed by atoms with van der Waals surface area (Å²) in [7, 11) is 1.48. The van der Waals surface area contributed by atoms with E-state index in [4.69, 9.17) is 15.2 Å². The highest BCUT2D eigenvalue weighted by Crippen LogP contribution is 2.42. The van der Waals surface area contributed by atoms with Crippen molar-refractivity contribution in [1.29, 1.82) is 0 Å². The van der Waals surface area contributed by atoms with Crippen LogP contribution in [0.2, 0.25) is 0 Å². The smallest absolute Gasteiger partial charge is 0.345 e. The molecule has 2 saturated heterocycles. The number of fused-ring (bicyclic) bond motifs is 2. The Hall–Kier alpha value is -3.43. The lowest BCUT2D eigenvalue weighted by atomic mass is 9.98. The number of ether oxygens (including phenoxy) is 2. The number of hydrogen-bond acceptors (Lipinski definition) is 6. The van der Waals surface area contributed by atoms with Crippen LogP contribution in [-0.4, -0.2) is 52.0 Å². The minimum absolute atomic E-state index is 0.00420. The molecule has 2 bridgehead atoms. The zero-order chi connectivity index (χ0) is 24.4. The molecule has 34 heavy (non-hydrogen) atoms. The van der Waals surface area contributed by atoms with Gasteiger partial charge in [0.05, 0.1) is 18.8 Å². The quantitative estimate of drug-likeness (QED) is 0.463. The maximum absolute atomic E-state index is 14.5. The van der Waals surface area contributed by atoms with Gasteiger partial charge in [-0.2, -0.15) is 9.98 Å². The van der Waals surface area contributed by atoms with Gasteiger partial charge in [-0.15, -0.1) is 0 Å². The maximum atomic E-state index is 14.5. The summed E-state index contributed by atoms with van der Waals surface area (Å²) in [6, 6.07) is 4.60. The zero-order valence-electron chi connectivity index (χ0n) is 19.9. The van der Waals surface area contributed by atoms with Gasteiger partial charge in [0.15, 0.2) is 5.82 Å². The van der Waals surface area contributed by atoms with Crippen LogP contribution in [0.15, 0.2) is 29.5 Å². The Morgan fingerprint density at radius 2 is 2.15 bits per heavy atom. The van der Waals surface area contributed by atoms with Crippen molar-refractivity contribution in [2.45, 2.75) is 64.6 Å². The second-order valence-electron chi connectivity index (χ2n) is 8.93. The number of carbonyl (C=O) groups is 1. The fourth-order valence-electron chi connectivity index (χ4n) is 4.52. The van der Waals surface area contributed by atoms with Crippen molar-refractivity contribution >= 4 is 23.4 Å². The van der Waals surface area contributed by atoms with Gasteiger partial charge in [0.2, 0.25) is 5.75 Å². The lowest BCUT2D eigenvalue weighted by Gasteiger charge is -2.24. The number of halogens is 1. The number of urea groups is 1. The Morgan fingerprint density at radius 3 is 2.82 bits per heavy atom. The molecule has 182 valence electrons. The average molecular weight is 471 g/mol. The molecule has 3 atom stereocenters. The van der Waals surface area contributed by atoms with Gasteiger partial charge in [-0.25, -0.2) is 14.2 Å². The highest BCUT2D eigenvalue weighted by molar-refractivity contribution is 5.94. The molecule has 9 nitrogen and oxygen atoms in total. The summed E-state index contributed by atoms with van der Waals surface area (Å²) in [5.74, 6) is 0.730. The molecule has 3 N–H and O–H groups in total. The van der Waals surface area contributed by atoms with Crippen molar-refractivity contribution < 1.29 is 18.7 Å². The first-order valence-corrected chi connectivity index (χ1v) is 11.6. The number of nitrogens with one attached hydrogen (secondary N) is 1. The third-order valence-corrected chi connectivity index (χ3v) is 6.45. The van der Waals surface area contributed by atoms with Gasteiger partial charge >= 0.3 is 6.03 Å². The van der Waals surface area contributed by atoms with Crippen LogP contribution in [0, 0.1) is 11.7 Å². The topological polar surface area (TPSA) is 115 Å². The van der Waals surface area contributed by atoms with Gasteiger partial charge in [-0.1, -0.05) is 26.8 Å². The predicted octanol–water partition coefficient (Wildman–Crippen LogP) is 4.05. The van der Waals surface area contributed by atoms with E-state index in [-0.39, 0.29) is 53.3 Å². The van der Waals surface area contributed by atoms with E-state index in [1.165, 1.54) is 19.5 Å². The molecule has 0 aliphatic carbocycles. The standard InChI is InChI=1S/C24H31FN6O3/c1-5-14-6-8-17(16(25)10-14)29-22-20(33-4)23(28-12-27-22)34-19-11-15-7-9-18(19)31(15)24(32)30-21(26)13(2)3/h6,8,10,12-13,15,18-19H,5,7,9,11H2,1-4H3,(H2,26,30,32)(H,27,28,29)/t15?,18?,19-/m0/s1. The van der Waals surface area contributed by atoms with Crippen molar-refractivity contribution in [3.8, 4) is 11.6 Å². The Bertz CT molecular complexity index is 1090. The van der Waals surface area contributed by atoms with Gasteiger partial charge in [0.25, 0.3) is 5.88 Å². The van der Waals surface area contributed by atoms with Crippen molar-refractivity contribution in [3.63, 3.8) is 0 Å². The fourth-order valence-corrected chi connectivity index (χ4v) is 4.52. The van der Waals surface area contributed by atoms with Crippen LogP contribution in [-0.2, 0) is 6.42 Å². The highest BCUT2D eigenvalue weighted by atomic mass is 19.1. The summed E-state index contributed by atoms with van der Waals surface area (Å²) < 4.78 is 26.3. The minimum Gasteiger partial charge on any atom is -0.489 e. The van der Waals surface area contributed by atoms with Gasteiger partial charge in [-0.3, -0.25) is 0 Å². The number of rotatable bonds is 7. The number of nitrogens with zero attached hydrogens (tertiary/aromatic N) is 4. The zero-order valence-corrected chi connectivity index (χ0v) is 19.9. The lowest BCUT2D eigenvalue weighted by Crippen LogP contribution is -2.39. The van der Waals surface area contributed by atoms with Gasteiger partial charge in [0, 0.05) is 18.4 Å². The van der Waals surface area contributed by atoms with E-state index in [0.717, 1.165) is 24.8 Å². The number of methoxy groups -OCH3 is 1. The molecule has 4 rings (SSSR count). The SMILES string of the molecule is CCc1ccc(Nc2ncnc(O[C@H]3CC4CCC3N4C(=O)N=C(N)C(C)C)c2OC)c(F)c1. The highest BCUT2D eigenvalue weighted by Gasteiger charge is 2.50. The molecule has 2 aliphatic rings. The van der Waals surface area contributed by atoms with Crippen LogP contribution in [0.3, 0.4) is 0 Å². The predicted molar refractivity (Wildman–Crippen MR) is 127 cm³/mol. The Balaban J connectivity index is 1.53. The first-order valence-electron chi connectivity index (χ1n) is 11.6. The van der Waals surface area contributed by atoms with E-state index >= 15 is 0 Å². The molecular formula is C24H31FN6O3. The van der Waals surface area contributed by atoms with E-state index in [1.807, 2.05) is 26.8 Å². The molecule has 0 radical (unpaired) electrons. The summed E-state index contributed by atoms with van der Waals surface area (Å²) in [5, 5.41) is 2.97. The minimum atomic E-state index is -0.383. The summed E-state index contributed by atoms with van der Waals surface area (Å²) >= 11 is 0. The molecule has 1 aromatic heterocycles. The molecule has 2 aliphatic heterocycles. The number of amidine groups is 1. The van der Waals surface area contributed by atoms with Crippen LogP contribution < -0.4 is 20.5 Å². The van der Waals surface area contributed by atoms with Crippen LogP contribution >= 0.6 is 0 Å². The lowest BCUT2D eigenvalue weighted by molar-refractivity contribution is 0.138. The number of anilines is 2. The fraction of sp³-hybridized carbons (Fsp3) is 0.500. The van der Waals surface area contributed by atoms with E-state index in [2.05, 4.69) is 20.3 Å². The number of amides is 2. The van der Waals surface area contributed by atoms with E-state index in [9.17, 15) is 9.18 Å². The second-order valence-corrected chi connectivity index (χ2v) is 8.93. The van der Waals surface area contributed by atoms with Crippen LogP contribution in [0.5, 0.6) is 11.6 Å². The van der Waals surface area contributed by atoms with E-state index in [0.29, 0.717) is 18.1 Å². The van der Waals surface area contributed by atoms with Crippen molar-refractivity contribution in [3.05, 3.63) is 35.9 Å². The molecule has 10 heteroatoms. The molecule has 2 aromatic rings. The number of aryl methyl sites for hydroxylation is 1. The molecule has 2 unspecified atom stereocenters. The van der Waals surface area contributed by atoms with Crippen LogP contribution in [0.4, 0.5) is 20.7 Å². The average Bonchev–Trinajstić information content (AvgIpc) is 3.38. The summed E-state index contributed by atoms with van der Waals surface area (Å²) in [5.41, 5.74) is 7.08. The van der Waals surface area contributed by atoms with Crippen LogP contribution in [0.1, 0.15) is 45.6 Å². The van der Waals surface area contributed by atoms with Crippen LogP contribution in [0.25, 0.3) is 0 Å². The number of carbonyl (C=O) groups excluding carboxylic acids is 1. The molecular weight excluding hydrogens is 439 g/mol. The molecule has 1 aromatic carbocycles. The molecule has 0 spiro atoms. The largest absolute Gasteiger partial charge is 0.489 e. The molecule has 3 heterocycles. The molecule has 2 amide bonds. The summed E-state index contributed by atoms with van der Waals surface area (Å²) in [6.45, 7) is 5.76. The van der Waals surface area contributed by atoms with Crippen molar-refractivity contribution in [2.75, 3.05) is 12.4 Å². The number of aliphatic imine (C=N–C) groups is 1. The van der Waals surface area contributed by atoms with Gasteiger partial charge in [0.1, 0.15) is 24.1 Å². The summed E-state index contributed by atoms with van der Waals surface area (Å²) in [6.07, 6.45) is 4.18. The number of aromatic nitrogens is 2. The third kappa shape index (κ3) is 4.62. The normalized spacial score (nSPS) is 21.8. The molecule has 0 saturated carbocycles.